The first-order valence-electron chi connectivity index (χ1n) is 9.56. The molecule has 0 saturated heterocycles. The predicted octanol–water partition coefficient (Wildman–Crippen LogP) is 4.39. The number of benzene rings is 2. The second-order valence-corrected chi connectivity index (χ2v) is 8.43. The van der Waals surface area contributed by atoms with Gasteiger partial charge in [0, 0.05) is 18.5 Å². The van der Waals surface area contributed by atoms with E-state index in [9.17, 15) is 4.79 Å². The van der Waals surface area contributed by atoms with Crippen LogP contribution in [0.2, 0.25) is 0 Å². The van der Waals surface area contributed by atoms with Gasteiger partial charge in [0.15, 0.2) is 0 Å². The Morgan fingerprint density at radius 1 is 1.07 bits per heavy atom. The SMILES string of the molecule is Cc1nn(-c2ccccc2)c2sc(C(=O)NCc3ccc(CN(C)C)cc3)cc12. The Morgan fingerprint density at radius 3 is 2.45 bits per heavy atom. The third-order valence-corrected chi connectivity index (χ3v) is 5.85. The van der Waals surface area contributed by atoms with Crippen molar-refractivity contribution < 1.29 is 4.79 Å². The van der Waals surface area contributed by atoms with Crippen molar-refractivity contribution in [3.63, 3.8) is 0 Å². The Hall–Kier alpha value is -2.96. The standard InChI is InChI=1S/C23H24N4OS/c1-16-20-13-21(29-23(20)27(25-16)19-7-5-4-6-8-19)22(28)24-14-17-9-11-18(12-10-17)15-26(2)3/h4-13H,14-15H2,1-3H3,(H,24,28). The maximum Gasteiger partial charge on any atom is 0.261 e. The van der Waals surface area contributed by atoms with Crippen molar-refractivity contribution in [1.29, 1.82) is 0 Å². The number of fused-ring (bicyclic) bond motifs is 1. The third kappa shape index (κ3) is 4.23. The van der Waals surface area contributed by atoms with E-state index in [4.69, 9.17) is 0 Å². The maximum atomic E-state index is 12.7. The van der Waals surface area contributed by atoms with Crippen molar-refractivity contribution in [3.05, 3.63) is 82.4 Å². The van der Waals surface area contributed by atoms with Gasteiger partial charge in [0.05, 0.1) is 16.3 Å². The van der Waals surface area contributed by atoms with E-state index in [0.29, 0.717) is 11.4 Å². The van der Waals surface area contributed by atoms with Crippen LogP contribution in [0, 0.1) is 6.92 Å². The van der Waals surface area contributed by atoms with Gasteiger partial charge in [0.1, 0.15) is 4.83 Å². The normalized spacial score (nSPS) is 11.3. The number of aromatic nitrogens is 2. The lowest BCUT2D eigenvalue weighted by atomic mass is 10.1. The number of carbonyl (C=O) groups is 1. The Bertz CT molecular complexity index is 1130. The van der Waals surface area contributed by atoms with Gasteiger partial charge in [-0.15, -0.1) is 11.3 Å². The molecule has 6 heteroatoms. The summed E-state index contributed by atoms with van der Waals surface area (Å²) in [6.45, 7) is 3.40. The van der Waals surface area contributed by atoms with Gasteiger partial charge in [-0.05, 0) is 50.3 Å². The molecule has 2 aromatic carbocycles. The molecule has 1 amide bonds. The monoisotopic (exact) mass is 404 g/mol. The number of thiophene rings is 1. The molecule has 5 nitrogen and oxygen atoms in total. The highest BCUT2D eigenvalue weighted by atomic mass is 32.1. The first-order valence-corrected chi connectivity index (χ1v) is 10.4. The Labute approximate surface area is 174 Å². The van der Waals surface area contributed by atoms with Crippen LogP contribution < -0.4 is 5.32 Å². The maximum absolute atomic E-state index is 12.7. The lowest BCUT2D eigenvalue weighted by Crippen LogP contribution is -2.21. The molecule has 4 aromatic rings. The van der Waals surface area contributed by atoms with Crippen molar-refractivity contribution in [2.24, 2.45) is 0 Å². The van der Waals surface area contributed by atoms with E-state index in [1.165, 1.54) is 16.9 Å². The van der Waals surface area contributed by atoms with Gasteiger partial charge in [0.2, 0.25) is 0 Å². The topological polar surface area (TPSA) is 50.2 Å². The number of aryl methyl sites for hydroxylation is 1. The van der Waals surface area contributed by atoms with Crippen LogP contribution in [0.5, 0.6) is 0 Å². The van der Waals surface area contributed by atoms with E-state index in [0.717, 1.165) is 33.7 Å². The fourth-order valence-corrected chi connectivity index (χ4v) is 4.40. The highest BCUT2D eigenvalue weighted by Gasteiger charge is 2.17. The molecule has 0 aliphatic rings. The number of nitrogens with zero attached hydrogens (tertiary/aromatic N) is 3. The van der Waals surface area contributed by atoms with Crippen molar-refractivity contribution >= 4 is 27.5 Å². The summed E-state index contributed by atoms with van der Waals surface area (Å²) in [6, 6.07) is 20.3. The zero-order valence-electron chi connectivity index (χ0n) is 16.8. The van der Waals surface area contributed by atoms with Gasteiger partial charge in [-0.25, -0.2) is 4.68 Å². The van der Waals surface area contributed by atoms with Gasteiger partial charge >= 0.3 is 0 Å². The van der Waals surface area contributed by atoms with Gasteiger partial charge < -0.3 is 10.2 Å². The smallest absolute Gasteiger partial charge is 0.261 e. The lowest BCUT2D eigenvalue weighted by molar-refractivity contribution is 0.0955. The largest absolute Gasteiger partial charge is 0.347 e. The molecule has 0 saturated carbocycles. The van der Waals surface area contributed by atoms with E-state index in [-0.39, 0.29) is 5.91 Å². The van der Waals surface area contributed by atoms with E-state index in [2.05, 4.69) is 53.7 Å². The minimum atomic E-state index is -0.0532. The van der Waals surface area contributed by atoms with Crippen molar-refractivity contribution in [1.82, 2.24) is 20.0 Å². The molecule has 0 unspecified atom stereocenters. The quantitative estimate of drug-likeness (QED) is 0.519. The Balaban J connectivity index is 1.49. The summed E-state index contributed by atoms with van der Waals surface area (Å²) in [5.74, 6) is -0.0532. The zero-order valence-corrected chi connectivity index (χ0v) is 17.7. The fourth-order valence-electron chi connectivity index (χ4n) is 3.30. The second kappa shape index (κ2) is 8.19. The van der Waals surface area contributed by atoms with Crippen molar-refractivity contribution in [2.75, 3.05) is 14.1 Å². The first-order chi connectivity index (χ1) is 14.0. The molecule has 0 radical (unpaired) electrons. The van der Waals surface area contributed by atoms with Crippen LogP contribution in [-0.2, 0) is 13.1 Å². The van der Waals surface area contributed by atoms with Crippen LogP contribution in [0.3, 0.4) is 0 Å². The predicted molar refractivity (Wildman–Crippen MR) is 119 cm³/mol. The number of hydrogen-bond acceptors (Lipinski definition) is 4. The minimum Gasteiger partial charge on any atom is -0.347 e. The van der Waals surface area contributed by atoms with E-state index < -0.39 is 0 Å². The number of para-hydroxylation sites is 1. The van der Waals surface area contributed by atoms with Crippen LogP contribution >= 0.6 is 11.3 Å². The van der Waals surface area contributed by atoms with Gasteiger partial charge in [-0.2, -0.15) is 5.10 Å². The number of amides is 1. The second-order valence-electron chi connectivity index (χ2n) is 7.40. The van der Waals surface area contributed by atoms with Crippen LogP contribution in [0.25, 0.3) is 15.9 Å². The molecule has 2 heterocycles. The summed E-state index contributed by atoms with van der Waals surface area (Å²) < 4.78 is 1.91. The highest BCUT2D eigenvalue weighted by molar-refractivity contribution is 7.20. The summed E-state index contributed by atoms with van der Waals surface area (Å²) >= 11 is 1.47. The van der Waals surface area contributed by atoms with E-state index in [1.54, 1.807) is 0 Å². The molecule has 2 aromatic heterocycles. The van der Waals surface area contributed by atoms with E-state index >= 15 is 0 Å². The highest BCUT2D eigenvalue weighted by Crippen LogP contribution is 2.30. The molecule has 1 N–H and O–H groups in total. The summed E-state index contributed by atoms with van der Waals surface area (Å²) in [4.78, 5) is 16.6. The first kappa shape index (κ1) is 19.4. The molecular weight excluding hydrogens is 380 g/mol. The van der Waals surface area contributed by atoms with Gasteiger partial charge in [0.25, 0.3) is 5.91 Å². The van der Waals surface area contributed by atoms with Crippen LogP contribution in [-0.4, -0.2) is 34.7 Å². The van der Waals surface area contributed by atoms with Crippen LogP contribution in [0.1, 0.15) is 26.5 Å². The number of rotatable bonds is 6. The molecule has 148 valence electrons. The molecule has 0 atom stereocenters. The third-order valence-electron chi connectivity index (χ3n) is 4.74. The molecule has 0 aliphatic carbocycles. The zero-order chi connectivity index (χ0) is 20.4. The molecule has 0 bridgehead atoms. The lowest BCUT2D eigenvalue weighted by Gasteiger charge is -2.10. The molecule has 0 fully saturated rings. The number of carbonyl (C=O) groups excluding carboxylic acids is 1. The molecule has 0 aliphatic heterocycles. The summed E-state index contributed by atoms with van der Waals surface area (Å²) in [7, 11) is 4.11. The van der Waals surface area contributed by atoms with E-state index in [1.807, 2.05) is 48.0 Å². The van der Waals surface area contributed by atoms with Crippen LogP contribution in [0.4, 0.5) is 0 Å². The summed E-state index contributed by atoms with van der Waals surface area (Å²) in [6.07, 6.45) is 0. The van der Waals surface area contributed by atoms with Crippen molar-refractivity contribution in [3.8, 4) is 5.69 Å². The van der Waals surface area contributed by atoms with Crippen molar-refractivity contribution in [2.45, 2.75) is 20.0 Å². The van der Waals surface area contributed by atoms with Crippen LogP contribution in [0.15, 0.2) is 60.7 Å². The number of nitrogens with one attached hydrogen (secondary N) is 1. The fraction of sp³-hybridized carbons (Fsp3) is 0.217. The van der Waals surface area contributed by atoms with Gasteiger partial charge in [-0.1, -0.05) is 42.5 Å². The average Bonchev–Trinajstić information content (AvgIpc) is 3.28. The molecule has 29 heavy (non-hydrogen) atoms. The Morgan fingerprint density at radius 2 is 1.76 bits per heavy atom. The number of hydrogen-bond donors (Lipinski definition) is 1. The molecular formula is C23H24N4OS. The summed E-state index contributed by atoms with van der Waals surface area (Å²) in [5, 5.41) is 8.70. The minimum absolute atomic E-state index is 0.0532. The Kier molecular flexibility index (Phi) is 5.47. The molecule has 4 rings (SSSR count). The summed E-state index contributed by atoms with van der Waals surface area (Å²) in [5.41, 5.74) is 4.27. The van der Waals surface area contributed by atoms with Gasteiger partial charge in [-0.3, -0.25) is 4.79 Å². The average molecular weight is 405 g/mol. The molecule has 0 spiro atoms.